The van der Waals surface area contributed by atoms with Crippen LogP contribution in [0.5, 0.6) is 0 Å². The Labute approximate surface area is 142 Å². The van der Waals surface area contributed by atoms with E-state index in [1.807, 2.05) is 0 Å². The van der Waals surface area contributed by atoms with Crippen LogP contribution in [0, 0.1) is 0 Å². The van der Waals surface area contributed by atoms with Gasteiger partial charge in [-0.2, -0.15) is 0 Å². The van der Waals surface area contributed by atoms with Crippen LogP contribution in [0.25, 0.3) is 0 Å². The molecule has 1 atom stereocenters. The van der Waals surface area contributed by atoms with Crippen LogP contribution in [0.2, 0.25) is 0 Å². The first kappa shape index (κ1) is 16.9. The minimum atomic E-state index is 0.661. The van der Waals surface area contributed by atoms with Gasteiger partial charge >= 0.3 is 0 Å². The Morgan fingerprint density at radius 2 is 1.70 bits per heavy atom. The minimum Gasteiger partial charge on any atom is -0.301 e. The highest BCUT2D eigenvalue weighted by molar-refractivity contribution is 5.19. The SMILES string of the molecule is CC(C)N1CCN(CCCN2CCC[C@@H]2c2ccccc2)CC1. The van der Waals surface area contributed by atoms with E-state index in [1.54, 1.807) is 0 Å². The molecule has 128 valence electrons. The van der Waals surface area contributed by atoms with E-state index in [9.17, 15) is 0 Å². The van der Waals surface area contributed by atoms with E-state index in [4.69, 9.17) is 0 Å². The zero-order valence-corrected chi connectivity index (χ0v) is 15.0. The molecule has 2 aliphatic heterocycles. The molecule has 1 aromatic rings. The van der Waals surface area contributed by atoms with Crippen LogP contribution in [0.1, 0.15) is 44.7 Å². The molecule has 0 aromatic heterocycles. The number of hydrogen-bond donors (Lipinski definition) is 0. The molecule has 3 heteroatoms. The Kier molecular flexibility index (Phi) is 6.09. The quantitative estimate of drug-likeness (QED) is 0.798. The van der Waals surface area contributed by atoms with Crippen molar-refractivity contribution >= 4 is 0 Å². The van der Waals surface area contributed by atoms with Crippen LogP contribution in [-0.4, -0.2) is 66.6 Å². The van der Waals surface area contributed by atoms with Gasteiger partial charge in [-0.1, -0.05) is 30.3 Å². The maximum atomic E-state index is 2.71. The fourth-order valence-corrected chi connectivity index (χ4v) is 4.15. The van der Waals surface area contributed by atoms with E-state index >= 15 is 0 Å². The van der Waals surface area contributed by atoms with Gasteiger partial charge in [0.15, 0.2) is 0 Å². The summed E-state index contributed by atoms with van der Waals surface area (Å²) in [5.74, 6) is 0. The van der Waals surface area contributed by atoms with Gasteiger partial charge in [-0.05, 0) is 58.3 Å². The smallest absolute Gasteiger partial charge is 0.0348 e. The summed E-state index contributed by atoms with van der Waals surface area (Å²) in [5.41, 5.74) is 1.51. The van der Waals surface area contributed by atoms with Crippen molar-refractivity contribution in [3.8, 4) is 0 Å². The first-order chi connectivity index (χ1) is 11.2. The molecule has 2 heterocycles. The third kappa shape index (κ3) is 4.56. The van der Waals surface area contributed by atoms with Crippen LogP contribution < -0.4 is 0 Å². The lowest BCUT2D eigenvalue weighted by Crippen LogP contribution is -2.49. The molecule has 0 saturated carbocycles. The van der Waals surface area contributed by atoms with Crippen molar-refractivity contribution in [2.75, 3.05) is 45.8 Å². The molecule has 2 saturated heterocycles. The molecule has 0 radical (unpaired) electrons. The first-order valence-electron chi connectivity index (χ1n) is 9.49. The summed E-state index contributed by atoms with van der Waals surface area (Å²) in [6, 6.07) is 12.4. The zero-order chi connectivity index (χ0) is 16.1. The van der Waals surface area contributed by atoms with Crippen LogP contribution >= 0.6 is 0 Å². The summed E-state index contributed by atoms with van der Waals surface area (Å²) in [4.78, 5) is 7.97. The molecule has 0 aliphatic carbocycles. The summed E-state index contributed by atoms with van der Waals surface area (Å²) >= 11 is 0. The van der Waals surface area contributed by atoms with E-state index in [1.165, 1.54) is 70.6 Å². The maximum Gasteiger partial charge on any atom is 0.0348 e. The second-order valence-corrected chi connectivity index (χ2v) is 7.43. The molecule has 1 aromatic carbocycles. The average Bonchev–Trinajstić information content (AvgIpc) is 3.05. The molecule has 0 bridgehead atoms. The second kappa shape index (κ2) is 8.27. The summed E-state index contributed by atoms with van der Waals surface area (Å²) in [7, 11) is 0. The zero-order valence-electron chi connectivity index (χ0n) is 15.0. The topological polar surface area (TPSA) is 9.72 Å². The Hall–Kier alpha value is -0.900. The molecule has 3 rings (SSSR count). The van der Waals surface area contributed by atoms with Crippen LogP contribution in [0.15, 0.2) is 30.3 Å². The Morgan fingerprint density at radius 3 is 2.39 bits per heavy atom. The van der Waals surface area contributed by atoms with Crippen LogP contribution in [0.4, 0.5) is 0 Å². The van der Waals surface area contributed by atoms with Crippen molar-refractivity contribution in [1.82, 2.24) is 14.7 Å². The molecule has 0 N–H and O–H groups in total. The van der Waals surface area contributed by atoms with Gasteiger partial charge in [0.25, 0.3) is 0 Å². The van der Waals surface area contributed by atoms with Crippen molar-refractivity contribution in [2.45, 2.75) is 45.2 Å². The standard InChI is InChI=1S/C20H33N3/c1-18(2)22-16-14-21(15-17-22)11-7-13-23-12-6-10-20(23)19-8-4-3-5-9-19/h3-5,8-9,18,20H,6-7,10-17H2,1-2H3/t20-/m1/s1. The largest absolute Gasteiger partial charge is 0.301 e. The summed E-state index contributed by atoms with van der Waals surface area (Å²) < 4.78 is 0. The van der Waals surface area contributed by atoms with Crippen LogP contribution in [0.3, 0.4) is 0 Å². The van der Waals surface area contributed by atoms with Gasteiger partial charge in [0.2, 0.25) is 0 Å². The Balaban J connectivity index is 1.40. The Morgan fingerprint density at radius 1 is 0.957 bits per heavy atom. The fourth-order valence-electron chi connectivity index (χ4n) is 4.15. The highest BCUT2D eigenvalue weighted by atomic mass is 15.3. The predicted octanol–water partition coefficient (Wildman–Crippen LogP) is 3.24. The molecule has 23 heavy (non-hydrogen) atoms. The normalized spacial score (nSPS) is 24.6. The van der Waals surface area contributed by atoms with Crippen molar-refractivity contribution in [1.29, 1.82) is 0 Å². The summed E-state index contributed by atoms with van der Waals surface area (Å²) in [5, 5.41) is 0. The fraction of sp³-hybridized carbons (Fsp3) is 0.700. The highest BCUT2D eigenvalue weighted by Gasteiger charge is 2.25. The lowest BCUT2D eigenvalue weighted by molar-refractivity contribution is 0.104. The monoisotopic (exact) mass is 315 g/mol. The Bertz CT molecular complexity index is 451. The van der Waals surface area contributed by atoms with Gasteiger partial charge in [0.1, 0.15) is 0 Å². The van der Waals surface area contributed by atoms with Crippen molar-refractivity contribution in [2.24, 2.45) is 0 Å². The molecular weight excluding hydrogens is 282 g/mol. The van der Waals surface area contributed by atoms with Crippen molar-refractivity contribution < 1.29 is 0 Å². The maximum absolute atomic E-state index is 2.71. The number of nitrogens with zero attached hydrogens (tertiary/aromatic N) is 3. The highest BCUT2D eigenvalue weighted by Crippen LogP contribution is 2.31. The lowest BCUT2D eigenvalue weighted by atomic mass is 10.0. The molecule has 2 aliphatic rings. The van der Waals surface area contributed by atoms with E-state index in [2.05, 4.69) is 58.9 Å². The molecular formula is C20H33N3. The van der Waals surface area contributed by atoms with Gasteiger partial charge in [0, 0.05) is 38.3 Å². The predicted molar refractivity (Wildman–Crippen MR) is 97.8 cm³/mol. The number of likely N-dealkylation sites (tertiary alicyclic amines) is 1. The third-order valence-corrected chi connectivity index (χ3v) is 5.60. The molecule has 0 spiro atoms. The number of piperazine rings is 1. The molecule has 2 fully saturated rings. The van der Waals surface area contributed by atoms with Gasteiger partial charge in [-0.25, -0.2) is 0 Å². The van der Waals surface area contributed by atoms with Gasteiger partial charge in [-0.3, -0.25) is 9.80 Å². The van der Waals surface area contributed by atoms with Crippen molar-refractivity contribution in [3.05, 3.63) is 35.9 Å². The van der Waals surface area contributed by atoms with E-state index in [0.29, 0.717) is 12.1 Å². The molecule has 0 amide bonds. The lowest BCUT2D eigenvalue weighted by Gasteiger charge is -2.37. The van der Waals surface area contributed by atoms with Gasteiger partial charge in [0.05, 0.1) is 0 Å². The molecule has 3 nitrogen and oxygen atoms in total. The second-order valence-electron chi connectivity index (χ2n) is 7.43. The average molecular weight is 316 g/mol. The summed E-state index contributed by atoms with van der Waals surface area (Å²) in [6.07, 6.45) is 3.99. The third-order valence-electron chi connectivity index (χ3n) is 5.60. The number of rotatable bonds is 6. The van der Waals surface area contributed by atoms with Crippen molar-refractivity contribution in [3.63, 3.8) is 0 Å². The molecule has 0 unspecified atom stereocenters. The van der Waals surface area contributed by atoms with E-state index in [-0.39, 0.29) is 0 Å². The summed E-state index contributed by atoms with van der Waals surface area (Å²) in [6.45, 7) is 13.4. The van der Waals surface area contributed by atoms with Crippen LogP contribution in [-0.2, 0) is 0 Å². The number of hydrogen-bond acceptors (Lipinski definition) is 3. The number of benzene rings is 1. The first-order valence-corrected chi connectivity index (χ1v) is 9.49. The van der Waals surface area contributed by atoms with E-state index < -0.39 is 0 Å². The van der Waals surface area contributed by atoms with Gasteiger partial charge < -0.3 is 4.90 Å². The van der Waals surface area contributed by atoms with E-state index in [0.717, 1.165) is 0 Å². The van der Waals surface area contributed by atoms with Gasteiger partial charge in [-0.15, -0.1) is 0 Å². The minimum absolute atomic E-state index is 0.661.